The van der Waals surface area contributed by atoms with Crippen molar-refractivity contribution in [2.45, 2.75) is 73.5 Å². The number of aryl methyl sites for hydroxylation is 2. The Bertz CT molecular complexity index is 2840. The van der Waals surface area contributed by atoms with Crippen molar-refractivity contribution in [1.29, 1.82) is 0 Å². The molecule has 0 aliphatic heterocycles. The van der Waals surface area contributed by atoms with Crippen LogP contribution in [0.3, 0.4) is 0 Å². The third kappa shape index (κ3) is 8.43. The molecule has 0 aliphatic rings. The van der Waals surface area contributed by atoms with Gasteiger partial charge in [0.15, 0.2) is 0 Å². The van der Waals surface area contributed by atoms with Gasteiger partial charge >= 0.3 is 0 Å². The SMILES string of the molecule is [2H]C([2H])([2H])c1c[c-]c(-c2cc(CC(C)C)c([Si](C)(C)C)cn2)c(F)c1.[2H]C([2H])([2H])c1ccc(-c2cnc3sc4c(-c5nc6ccccc6n5C(C)C)[c-]ccc4c3c2)cc1.[Ir]. The number of rotatable bonds is 7. The molecule has 0 saturated heterocycles. The Morgan fingerprint density at radius 1 is 0.836 bits per heavy atom. The minimum Gasteiger partial charge on any atom is -0.362 e. The van der Waals surface area contributed by atoms with Crippen LogP contribution >= 0.6 is 11.3 Å². The van der Waals surface area contributed by atoms with E-state index < -0.39 is 27.6 Å². The molecule has 4 heterocycles. The molecule has 0 fully saturated rings. The smallest absolute Gasteiger partial charge is 0.113 e. The molecule has 4 aromatic heterocycles. The van der Waals surface area contributed by atoms with E-state index >= 15 is 0 Å². The van der Waals surface area contributed by atoms with Crippen LogP contribution in [0.4, 0.5) is 4.39 Å². The summed E-state index contributed by atoms with van der Waals surface area (Å²) in [5.74, 6) is 0.799. The quantitative estimate of drug-likeness (QED) is 0.118. The van der Waals surface area contributed by atoms with Crippen LogP contribution in [0.15, 0.2) is 97.3 Å². The van der Waals surface area contributed by atoms with E-state index in [2.05, 4.69) is 87.2 Å². The fourth-order valence-corrected chi connectivity index (χ4v) is 9.65. The number of hydrogen-bond acceptors (Lipinski definition) is 4. The zero-order valence-electron chi connectivity index (χ0n) is 38.0. The second-order valence-corrected chi connectivity index (χ2v) is 21.5. The van der Waals surface area contributed by atoms with Gasteiger partial charge < -0.3 is 9.55 Å². The van der Waals surface area contributed by atoms with Gasteiger partial charge in [0.1, 0.15) is 4.83 Å². The minimum absolute atomic E-state index is 0. The number of hydrogen-bond donors (Lipinski definition) is 0. The molecular formula is C47H47FIrN4SSi-2. The maximum atomic E-state index is 14.5. The van der Waals surface area contributed by atoms with Gasteiger partial charge in [-0.25, -0.2) is 4.98 Å². The van der Waals surface area contributed by atoms with Gasteiger partial charge in [-0.1, -0.05) is 110 Å². The van der Waals surface area contributed by atoms with E-state index in [0.29, 0.717) is 17.2 Å². The average molecular weight is 945 g/mol. The zero-order valence-corrected chi connectivity index (χ0v) is 36.2. The van der Waals surface area contributed by atoms with Gasteiger partial charge in [-0.2, -0.15) is 11.3 Å². The first-order chi connectivity index (χ1) is 28.2. The van der Waals surface area contributed by atoms with E-state index in [1.165, 1.54) is 16.8 Å². The molecule has 0 N–H and O–H groups in total. The number of pyridine rings is 2. The van der Waals surface area contributed by atoms with Gasteiger partial charge in [-0.15, -0.1) is 42.0 Å². The fraction of sp³-hybridized carbons (Fsp3) is 0.255. The van der Waals surface area contributed by atoms with Crippen molar-refractivity contribution in [1.82, 2.24) is 19.5 Å². The van der Waals surface area contributed by atoms with E-state index in [4.69, 9.17) is 18.2 Å². The molecule has 283 valence electrons. The summed E-state index contributed by atoms with van der Waals surface area (Å²) in [5.41, 5.74) is 7.19. The monoisotopic (exact) mass is 945 g/mol. The van der Waals surface area contributed by atoms with Crippen LogP contribution in [0.25, 0.3) is 65.1 Å². The second kappa shape index (κ2) is 16.4. The van der Waals surface area contributed by atoms with Crippen LogP contribution in [0.5, 0.6) is 0 Å². The van der Waals surface area contributed by atoms with Crippen molar-refractivity contribution in [3.63, 3.8) is 0 Å². The number of thiophene rings is 1. The molecule has 1 radical (unpaired) electrons. The first-order valence-electron chi connectivity index (χ1n) is 21.2. The molecule has 0 amide bonds. The predicted octanol–water partition coefficient (Wildman–Crippen LogP) is 12.6. The molecule has 55 heavy (non-hydrogen) atoms. The van der Waals surface area contributed by atoms with Gasteiger partial charge in [0.05, 0.1) is 24.9 Å². The largest absolute Gasteiger partial charge is 0.362 e. The van der Waals surface area contributed by atoms with Crippen LogP contribution < -0.4 is 5.19 Å². The predicted molar refractivity (Wildman–Crippen MR) is 230 cm³/mol. The van der Waals surface area contributed by atoms with Crippen LogP contribution in [-0.2, 0) is 26.5 Å². The maximum absolute atomic E-state index is 14.5. The molecule has 0 saturated carbocycles. The van der Waals surface area contributed by atoms with E-state index in [1.54, 1.807) is 23.5 Å². The van der Waals surface area contributed by atoms with Gasteiger partial charge in [-0.3, -0.25) is 9.37 Å². The van der Waals surface area contributed by atoms with Gasteiger partial charge in [0, 0.05) is 63.5 Å². The van der Waals surface area contributed by atoms with Crippen molar-refractivity contribution < 1.29 is 32.7 Å². The minimum atomic E-state index is -2.34. The Morgan fingerprint density at radius 3 is 2.29 bits per heavy atom. The second-order valence-electron chi connectivity index (χ2n) is 15.4. The number of nitrogens with zero attached hydrogens (tertiary/aromatic N) is 4. The molecule has 4 aromatic carbocycles. The van der Waals surface area contributed by atoms with Crippen molar-refractivity contribution in [2.24, 2.45) is 5.92 Å². The summed E-state index contributed by atoms with van der Waals surface area (Å²) >= 11 is 1.65. The number of aromatic nitrogens is 4. The van der Waals surface area contributed by atoms with Crippen molar-refractivity contribution in [3.05, 3.63) is 132 Å². The molecule has 0 spiro atoms. The van der Waals surface area contributed by atoms with Crippen molar-refractivity contribution in [3.8, 4) is 33.8 Å². The summed E-state index contributed by atoms with van der Waals surface area (Å²) in [6, 6.07) is 32.3. The zero-order chi connectivity index (χ0) is 43.3. The Kier molecular flexibility index (Phi) is 9.81. The molecule has 8 aromatic rings. The molecule has 0 bridgehead atoms. The van der Waals surface area contributed by atoms with E-state index in [-0.39, 0.29) is 37.3 Å². The van der Waals surface area contributed by atoms with E-state index in [9.17, 15) is 4.39 Å². The van der Waals surface area contributed by atoms with Crippen LogP contribution in [0.2, 0.25) is 19.6 Å². The Balaban J connectivity index is 0.000000213. The van der Waals surface area contributed by atoms with Crippen molar-refractivity contribution in [2.75, 3.05) is 0 Å². The van der Waals surface area contributed by atoms with Gasteiger partial charge in [-0.05, 0) is 72.4 Å². The summed E-state index contributed by atoms with van der Waals surface area (Å²) < 4.78 is 62.9. The first-order valence-corrected chi connectivity index (χ1v) is 22.5. The molecule has 8 heteroatoms. The summed E-state index contributed by atoms with van der Waals surface area (Å²) in [7, 11) is -1.56. The topological polar surface area (TPSA) is 43.6 Å². The molecule has 4 nitrogen and oxygen atoms in total. The number of para-hydroxylation sites is 2. The van der Waals surface area contributed by atoms with Gasteiger partial charge in [0.25, 0.3) is 0 Å². The van der Waals surface area contributed by atoms with Crippen LogP contribution in [0.1, 0.15) is 58.7 Å². The Labute approximate surface area is 351 Å². The molecule has 0 unspecified atom stereocenters. The van der Waals surface area contributed by atoms with Crippen molar-refractivity contribution >= 4 is 55.9 Å². The summed E-state index contributed by atoms with van der Waals surface area (Å²) in [5, 5.41) is 3.48. The van der Waals surface area contributed by atoms with E-state index in [1.807, 2.05) is 54.9 Å². The van der Waals surface area contributed by atoms with Gasteiger partial charge in [0.2, 0.25) is 0 Å². The summed E-state index contributed by atoms with van der Waals surface area (Å²) in [4.78, 5) is 15.2. The van der Waals surface area contributed by atoms with E-state index in [0.717, 1.165) is 66.3 Å². The summed E-state index contributed by atoms with van der Waals surface area (Å²) in [6.45, 7) is 11.0. The summed E-state index contributed by atoms with van der Waals surface area (Å²) in [6.07, 6.45) is 4.63. The standard InChI is InChI=1S/C28H22N3S.C19H25FNSi.Ir/c1-17(2)31-25-10-5-4-9-24(25)30-27(31)22-8-6-7-21-23-15-20(16-29-28(23)32-26(21)22)19-13-11-18(3)12-14-19;1-13(2)9-15-11-18(21-12-19(15)22(4,5)6)16-8-7-14(3)10-17(16)20;/h4-7,9-17H,1-3H3;7,10-13H,9H2,1-6H3;/q2*-1;/i2*3D3;. The third-order valence-electron chi connectivity index (χ3n) is 9.42. The number of halogens is 1. The van der Waals surface area contributed by atoms with Crippen LogP contribution in [-0.4, -0.2) is 27.6 Å². The first kappa shape index (κ1) is 32.9. The number of fused-ring (bicyclic) bond motifs is 4. The molecule has 0 atom stereocenters. The van der Waals surface area contributed by atoms with Crippen LogP contribution in [0, 0.1) is 37.6 Å². The molecule has 8 rings (SSSR count). The Hall–Kier alpha value is -4.33. The fourth-order valence-electron chi connectivity index (χ4n) is 6.94. The third-order valence-corrected chi connectivity index (χ3v) is 12.6. The molecular weight excluding hydrogens is 892 g/mol. The average Bonchev–Trinajstić information content (AvgIpc) is 3.75. The normalized spacial score (nSPS) is 13.8. The molecule has 0 aliphatic carbocycles. The number of benzene rings is 4. The number of imidazole rings is 1. The Morgan fingerprint density at radius 2 is 1.60 bits per heavy atom. The maximum Gasteiger partial charge on any atom is 0.113 e.